The summed E-state index contributed by atoms with van der Waals surface area (Å²) >= 11 is 0. The van der Waals surface area contributed by atoms with Crippen LogP contribution in [0.15, 0.2) is 17.5 Å². The van der Waals surface area contributed by atoms with Crippen molar-refractivity contribution in [1.82, 2.24) is 25.9 Å². The number of rotatable bonds is 18. The van der Waals surface area contributed by atoms with Gasteiger partial charge in [0.1, 0.15) is 18.1 Å². The van der Waals surface area contributed by atoms with Crippen LogP contribution in [0.25, 0.3) is 0 Å². The summed E-state index contributed by atoms with van der Waals surface area (Å²) in [5, 5.41) is 26.2. The topological polar surface area (TPSA) is 290 Å². The van der Waals surface area contributed by atoms with Gasteiger partial charge < -0.3 is 54.1 Å². The number of guanidine groups is 1. The van der Waals surface area contributed by atoms with Crippen molar-refractivity contribution in [2.75, 3.05) is 19.7 Å². The first-order valence-corrected chi connectivity index (χ1v) is 11.8. The fourth-order valence-electron chi connectivity index (χ4n) is 3.27. The van der Waals surface area contributed by atoms with Crippen LogP contribution in [0.1, 0.15) is 37.8 Å². The molecule has 3 amide bonds. The van der Waals surface area contributed by atoms with Gasteiger partial charge in [-0.3, -0.25) is 19.4 Å². The maximum absolute atomic E-state index is 13.0. The molecule has 0 saturated heterocycles. The van der Waals surface area contributed by atoms with Crippen molar-refractivity contribution in [3.63, 3.8) is 0 Å². The molecule has 4 atom stereocenters. The second-order valence-corrected chi connectivity index (χ2v) is 8.33. The number of H-pyrrole nitrogens is 1. The highest BCUT2D eigenvalue weighted by molar-refractivity contribution is 5.94. The SMILES string of the molecule is NCCCCC(NC(=O)C(CO)NC(=O)C(CCCN=C(N)N)NC(=O)C(N)Cc1cnc[nH]1)C(=O)O. The summed E-state index contributed by atoms with van der Waals surface area (Å²) in [6, 6.07) is -4.83. The zero-order valence-electron chi connectivity index (χ0n) is 20.6. The number of amides is 3. The number of imidazole rings is 1. The van der Waals surface area contributed by atoms with E-state index in [9.17, 15) is 29.4 Å². The van der Waals surface area contributed by atoms with E-state index in [4.69, 9.17) is 22.9 Å². The number of carbonyl (C=O) groups excluding carboxylic acids is 3. The molecule has 0 aliphatic carbocycles. The number of nitrogens with one attached hydrogen (secondary N) is 4. The summed E-state index contributed by atoms with van der Waals surface area (Å²) < 4.78 is 0. The van der Waals surface area contributed by atoms with E-state index in [0.717, 1.165) is 0 Å². The third kappa shape index (κ3) is 12.2. The van der Waals surface area contributed by atoms with Gasteiger partial charge in [0.2, 0.25) is 17.7 Å². The van der Waals surface area contributed by atoms with Gasteiger partial charge in [-0.15, -0.1) is 0 Å². The van der Waals surface area contributed by atoms with Crippen LogP contribution < -0.4 is 38.9 Å². The molecular formula is C21H38N10O6. The summed E-state index contributed by atoms with van der Waals surface area (Å²) in [5.74, 6) is -3.70. The summed E-state index contributed by atoms with van der Waals surface area (Å²) in [7, 11) is 0. The first-order valence-electron chi connectivity index (χ1n) is 11.8. The quantitative estimate of drug-likeness (QED) is 0.0499. The zero-order chi connectivity index (χ0) is 27.8. The van der Waals surface area contributed by atoms with E-state index in [1.165, 1.54) is 12.5 Å². The van der Waals surface area contributed by atoms with E-state index in [0.29, 0.717) is 31.5 Å². The van der Waals surface area contributed by atoms with Crippen molar-refractivity contribution in [3.05, 3.63) is 18.2 Å². The van der Waals surface area contributed by atoms with Crippen molar-refractivity contribution >= 4 is 29.7 Å². The summed E-state index contributed by atoms with van der Waals surface area (Å²) in [6.07, 6.45) is 4.63. The highest BCUT2D eigenvalue weighted by atomic mass is 16.4. The van der Waals surface area contributed by atoms with E-state index < -0.39 is 54.5 Å². The number of aliphatic hydroxyl groups is 1. The van der Waals surface area contributed by atoms with Crippen LogP contribution in [0, 0.1) is 0 Å². The maximum Gasteiger partial charge on any atom is 0.326 e. The third-order valence-corrected chi connectivity index (χ3v) is 5.29. The van der Waals surface area contributed by atoms with Crippen LogP contribution >= 0.6 is 0 Å². The van der Waals surface area contributed by atoms with Crippen LogP contribution in [0.3, 0.4) is 0 Å². The second kappa shape index (κ2) is 16.8. The van der Waals surface area contributed by atoms with Gasteiger partial charge in [0.05, 0.1) is 19.0 Å². The normalized spacial score (nSPS) is 14.0. The number of aromatic amines is 1. The number of aromatic nitrogens is 2. The van der Waals surface area contributed by atoms with Gasteiger partial charge in [-0.1, -0.05) is 0 Å². The Balaban J connectivity index is 2.86. The molecular weight excluding hydrogens is 488 g/mol. The number of nitrogens with zero attached hydrogens (tertiary/aromatic N) is 2. The lowest BCUT2D eigenvalue weighted by molar-refractivity contribution is -0.142. The molecule has 14 N–H and O–H groups in total. The first-order chi connectivity index (χ1) is 17.6. The Bertz CT molecular complexity index is 890. The smallest absolute Gasteiger partial charge is 0.326 e. The minimum absolute atomic E-state index is 0.0851. The van der Waals surface area contributed by atoms with E-state index in [1.807, 2.05) is 0 Å². The highest BCUT2D eigenvalue weighted by Gasteiger charge is 2.30. The van der Waals surface area contributed by atoms with Crippen molar-refractivity contribution < 1.29 is 29.4 Å². The molecule has 0 aromatic carbocycles. The van der Waals surface area contributed by atoms with Crippen LogP contribution in [-0.2, 0) is 25.6 Å². The van der Waals surface area contributed by atoms with Crippen molar-refractivity contribution in [2.45, 2.75) is 62.7 Å². The molecule has 0 spiro atoms. The number of aliphatic imine (C=N–C) groups is 1. The van der Waals surface area contributed by atoms with Crippen molar-refractivity contribution in [1.29, 1.82) is 0 Å². The summed E-state index contributed by atoms with van der Waals surface area (Å²) in [6.45, 7) is -0.257. The third-order valence-electron chi connectivity index (χ3n) is 5.29. The van der Waals surface area contributed by atoms with Gasteiger partial charge in [0.25, 0.3) is 0 Å². The average molecular weight is 527 g/mol. The lowest BCUT2D eigenvalue weighted by Crippen LogP contribution is -2.58. The molecule has 1 rings (SSSR count). The van der Waals surface area contributed by atoms with Crippen LogP contribution in [0.5, 0.6) is 0 Å². The number of aliphatic carboxylic acids is 1. The molecule has 16 heteroatoms. The summed E-state index contributed by atoms with van der Waals surface area (Å²) in [4.78, 5) is 60.2. The predicted molar refractivity (Wildman–Crippen MR) is 134 cm³/mol. The number of carbonyl (C=O) groups is 4. The second-order valence-electron chi connectivity index (χ2n) is 8.33. The molecule has 0 fully saturated rings. The van der Waals surface area contributed by atoms with Gasteiger partial charge in [-0.25, -0.2) is 9.78 Å². The standard InChI is InChI=1S/C21H38N10O6/c22-6-2-1-4-15(20(36)37)30-19(35)16(10-32)31-18(34)14(5-3-7-27-21(24)25)29-17(33)13(23)8-12-9-26-11-28-12/h9,11,13-16,32H,1-8,10,22-23H2,(H,26,28)(H,29,33)(H,30,35)(H,31,34)(H,36,37)(H4,24,25,27). The molecule has 208 valence electrons. The largest absolute Gasteiger partial charge is 0.480 e. The fourth-order valence-corrected chi connectivity index (χ4v) is 3.27. The van der Waals surface area contributed by atoms with Crippen LogP contribution in [0.4, 0.5) is 0 Å². The number of hydrogen-bond donors (Lipinski definition) is 10. The Hall–Kier alpha value is -3.76. The lowest BCUT2D eigenvalue weighted by atomic mass is 10.1. The Labute approximate surface area is 214 Å². The molecule has 16 nitrogen and oxygen atoms in total. The zero-order valence-corrected chi connectivity index (χ0v) is 20.6. The molecule has 0 bridgehead atoms. The number of hydrogen-bond acceptors (Lipinski definition) is 9. The van der Waals surface area contributed by atoms with Gasteiger partial charge in [-0.05, 0) is 38.6 Å². The lowest BCUT2D eigenvalue weighted by Gasteiger charge is -2.24. The number of carboxylic acid groups (broad SMARTS) is 1. The molecule has 0 radical (unpaired) electrons. The predicted octanol–water partition coefficient (Wildman–Crippen LogP) is -4.01. The van der Waals surface area contributed by atoms with Crippen LogP contribution in [-0.4, -0.2) is 93.7 Å². The van der Waals surface area contributed by atoms with Gasteiger partial charge in [-0.2, -0.15) is 0 Å². The molecule has 1 aromatic heterocycles. The van der Waals surface area contributed by atoms with Crippen molar-refractivity contribution in [3.8, 4) is 0 Å². The monoisotopic (exact) mass is 526 g/mol. The molecule has 1 aromatic rings. The fraction of sp³-hybridized carbons (Fsp3) is 0.619. The molecule has 0 aliphatic heterocycles. The number of unbranched alkanes of at least 4 members (excludes halogenated alkanes) is 1. The Morgan fingerprint density at radius 2 is 1.59 bits per heavy atom. The average Bonchev–Trinajstić information content (AvgIpc) is 3.36. The minimum atomic E-state index is -1.46. The Morgan fingerprint density at radius 3 is 2.16 bits per heavy atom. The molecule has 0 aliphatic rings. The molecule has 37 heavy (non-hydrogen) atoms. The molecule has 0 saturated carbocycles. The van der Waals surface area contributed by atoms with E-state index in [1.54, 1.807) is 0 Å². The summed E-state index contributed by atoms with van der Waals surface area (Å²) in [5.41, 5.74) is 22.6. The number of carboxylic acids is 1. The number of aliphatic hydroxyl groups excluding tert-OH is 1. The minimum Gasteiger partial charge on any atom is -0.480 e. The Morgan fingerprint density at radius 1 is 0.973 bits per heavy atom. The van der Waals surface area contributed by atoms with Gasteiger partial charge >= 0.3 is 5.97 Å². The molecule has 1 heterocycles. The first kappa shape index (κ1) is 31.3. The molecule has 4 unspecified atom stereocenters. The van der Waals surface area contributed by atoms with Crippen molar-refractivity contribution in [2.24, 2.45) is 27.9 Å². The van der Waals surface area contributed by atoms with E-state index >= 15 is 0 Å². The highest BCUT2D eigenvalue weighted by Crippen LogP contribution is 2.04. The van der Waals surface area contributed by atoms with E-state index in [-0.39, 0.29) is 31.8 Å². The maximum atomic E-state index is 13.0. The number of nitrogens with two attached hydrogens (primary N) is 4. The van der Waals surface area contributed by atoms with Gasteiger partial charge in [0.15, 0.2) is 5.96 Å². The Kier molecular flexibility index (Phi) is 14.2. The van der Waals surface area contributed by atoms with Crippen LogP contribution in [0.2, 0.25) is 0 Å². The van der Waals surface area contributed by atoms with E-state index in [2.05, 4.69) is 30.9 Å². The van der Waals surface area contributed by atoms with Gasteiger partial charge in [0, 0.05) is 24.9 Å².